The summed E-state index contributed by atoms with van der Waals surface area (Å²) in [6, 6.07) is 15.5. The van der Waals surface area contributed by atoms with Gasteiger partial charge in [0.25, 0.3) is 0 Å². The number of hydrogen-bond donors (Lipinski definition) is 2. The zero-order chi connectivity index (χ0) is 23.0. The third-order valence-electron chi connectivity index (χ3n) is 5.77. The number of hydrogen-bond acceptors (Lipinski definition) is 7. The molecule has 0 saturated carbocycles. The van der Waals surface area contributed by atoms with Crippen molar-refractivity contribution in [1.29, 1.82) is 0 Å². The van der Waals surface area contributed by atoms with Gasteiger partial charge in [0.15, 0.2) is 0 Å². The normalized spacial score (nSPS) is 16.2. The molecule has 1 fully saturated rings. The molecule has 1 atom stereocenters. The minimum Gasteiger partial charge on any atom is -0.497 e. The number of carbonyl (C=O) groups excluding carboxylic acids is 1. The highest BCUT2D eigenvalue weighted by Crippen LogP contribution is 2.23. The van der Waals surface area contributed by atoms with Gasteiger partial charge in [-0.2, -0.15) is 0 Å². The third-order valence-corrected chi connectivity index (χ3v) is 5.77. The first-order valence-electron chi connectivity index (χ1n) is 11.1. The van der Waals surface area contributed by atoms with Crippen LogP contribution in [-0.2, 0) is 4.79 Å². The lowest BCUT2D eigenvalue weighted by atomic mass is 9.98. The van der Waals surface area contributed by atoms with Crippen molar-refractivity contribution in [3.8, 4) is 22.6 Å². The van der Waals surface area contributed by atoms with Gasteiger partial charge < -0.3 is 20.5 Å². The van der Waals surface area contributed by atoms with Crippen LogP contribution < -0.4 is 20.5 Å². The van der Waals surface area contributed by atoms with E-state index < -0.39 is 0 Å². The lowest BCUT2D eigenvalue weighted by Crippen LogP contribution is -2.42. The summed E-state index contributed by atoms with van der Waals surface area (Å²) in [6.45, 7) is 3.04. The molecule has 0 radical (unpaired) electrons. The Labute approximate surface area is 193 Å². The molecule has 1 aliphatic rings. The van der Waals surface area contributed by atoms with Gasteiger partial charge in [0, 0.05) is 36.7 Å². The summed E-state index contributed by atoms with van der Waals surface area (Å²) in [4.78, 5) is 22.5. The molecule has 1 unspecified atom stereocenters. The van der Waals surface area contributed by atoms with Crippen molar-refractivity contribution in [2.24, 2.45) is 11.7 Å². The average molecular weight is 448 g/mol. The molecule has 3 N–H and O–H groups in total. The maximum Gasteiger partial charge on any atom is 0.227 e. The SMILES string of the molecule is COc1ccc(-c2cnc(Nc3ccc(OCCN4CCCC(C(N)=O)C4)cc3)nc2)cc1. The molecule has 1 saturated heterocycles. The van der Waals surface area contributed by atoms with Gasteiger partial charge in [-0.05, 0) is 61.3 Å². The minimum absolute atomic E-state index is 0.0448. The second-order valence-corrected chi connectivity index (χ2v) is 8.06. The zero-order valence-corrected chi connectivity index (χ0v) is 18.7. The Morgan fingerprint density at radius 1 is 1.06 bits per heavy atom. The molecule has 172 valence electrons. The highest BCUT2D eigenvalue weighted by atomic mass is 16.5. The van der Waals surface area contributed by atoms with E-state index in [0.29, 0.717) is 12.6 Å². The van der Waals surface area contributed by atoms with Crippen LogP contribution in [0.4, 0.5) is 11.6 Å². The molecule has 0 bridgehead atoms. The van der Waals surface area contributed by atoms with Gasteiger partial charge in [-0.25, -0.2) is 9.97 Å². The fraction of sp³-hybridized carbons (Fsp3) is 0.320. The summed E-state index contributed by atoms with van der Waals surface area (Å²) in [5.41, 5.74) is 8.28. The van der Waals surface area contributed by atoms with Crippen molar-refractivity contribution < 1.29 is 14.3 Å². The Morgan fingerprint density at radius 3 is 2.42 bits per heavy atom. The van der Waals surface area contributed by atoms with Crippen LogP contribution in [0.5, 0.6) is 11.5 Å². The maximum absolute atomic E-state index is 11.4. The molecular formula is C25H29N5O3. The van der Waals surface area contributed by atoms with Crippen LogP contribution in [0.15, 0.2) is 60.9 Å². The Kier molecular flexibility index (Phi) is 7.36. The number of nitrogens with zero attached hydrogens (tertiary/aromatic N) is 3. The summed E-state index contributed by atoms with van der Waals surface area (Å²) < 4.78 is 11.1. The molecule has 0 aliphatic carbocycles. The highest BCUT2D eigenvalue weighted by Gasteiger charge is 2.23. The number of anilines is 2. The number of piperidine rings is 1. The Balaban J connectivity index is 1.25. The molecule has 2 heterocycles. The van der Waals surface area contributed by atoms with Crippen molar-refractivity contribution in [1.82, 2.24) is 14.9 Å². The number of ether oxygens (including phenoxy) is 2. The predicted octanol–water partition coefficient (Wildman–Crippen LogP) is 3.47. The third kappa shape index (κ3) is 6.20. The maximum atomic E-state index is 11.4. The van der Waals surface area contributed by atoms with E-state index in [9.17, 15) is 4.79 Å². The van der Waals surface area contributed by atoms with Crippen LogP contribution in [-0.4, -0.2) is 54.1 Å². The van der Waals surface area contributed by atoms with Crippen LogP contribution in [0.3, 0.4) is 0 Å². The van der Waals surface area contributed by atoms with Crippen LogP contribution in [0, 0.1) is 5.92 Å². The van der Waals surface area contributed by atoms with E-state index in [-0.39, 0.29) is 11.8 Å². The molecule has 1 amide bonds. The number of aromatic nitrogens is 2. The summed E-state index contributed by atoms with van der Waals surface area (Å²) in [7, 11) is 1.65. The number of nitrogens with two attached hydrogens (primary N) is 1. The van der Waals surface area contributed by atoms with Gasteiger partial charge in [0.1, 0.15) is 18.1 Å². The lowest BCUT2D eigenvalue weighted by molar-refractivity contribution is -0.123. The Morgan fingerprint density at radius 2 is 1.76 bits per heavy atom. The first kappa shape index (κ1) is 22.5. The number of amides is 1. The first-order valence-corrected chi connectivity index (χ1v) is 11.1. The van der Waals surface area contributed by atoms with E-state index in [1.54, 1.807) is 19.5 Å². The van der Waals surface area contributed by atoms with Crippen molar-refractivity contribution >= 4 is 17.5 Å². The standard InChI is InChI=1S/C25H29N5O3/c1-32-22-8-4-18(5-9-22)20-15-27-25(28-16-20)29-21-6-10-23(11-7-21)33-14-13-30-12-2-3-19(17-30)24(26)31/h4-11,15-16,19H,2-3,12-14,17H2,1H3,(H2,26,31)(H,27,28,29). The molecule has 8 heteroatoms. The molecule has 1 aromatic heterocycles. The summed E-state index contributed by atoms with van der Waals surface area (Å²) in [5, 5.41) is 3.20. The van der Waals surface area contributed by atoms with E-state index in [1.165, 1.54) is 0 Å². The second-order valence-electron chi connectivity index (χ2n) is 8.06. The van der Waals surface area contributed by atoms with Crippen LogP contribution in [0.1, 0.15) is 12.8 Å². The minimum atomic E-state index is -0.206. The second kappa shape index (κ2) is 10.8. The fourth-order valence-electron chi connectivity index (χ4n) is 3.87. The van der Waals surface area contributed by atoms with Crippen molar-refractivity contribution in [2.45, 2.75) is 12.8 Å². The summed E-state index contributed by atoms with van der Waals surface area (Å²) in [6.07, 6.45) is 5.46. The van der Waals surface area contributed by atoms with Crippen molar-refractivity contribution in [3.63, 3.8) is 0 Å². The van der Waals surface area contributed by atoms with Crippen LogP contribution in [0.2, 0.25) is 0 Å². The smallest absolute Gasteiger partial charge is 0.227 e. The van der Waals surface area contributed by atoms with Gasteiger partial charge in [-0.3, -0.25) is 9.69 Å². The topological polar surface area (TPSA) is 103 Å². The quantitative estimate of drug-likeness (QED) is 0.518. The molecule has 33 heavy (non-hydrogen) atoms. The van der Waals surface area contributed by atoms with Gasteiger partial charge in [0.05, 0.1) is 13.0 Å². The summed E-state index contributed by atoms with van der Waals surface area (Å²) in [5.74, 6) is 1.88. The largest absolute Gasteiger partial charge is 0.497 e. The van der Waals surface area contributed by atoms with E-state index in [0.717, 1.165) is 60.8 Å². The number of benzene rings is 2. The lowest BCUT2D eigenvalue weighted by Gasteiger charge is -2.30. The van der Waals surface area contributed by atoms with Gasteiger partial charge in [-0.15, -0.1) is 0 Å². The molecule has 2 aromatic carbocycles. The van der Waals surface area contributed by atoms with E-state index in [2.05, 4.69) is 20.2 Å². The van der Waals surface area contributed by atoms with Gasteiger partial charge in [-0.1, -0.05) is 12.1 Å². The average Bonchev–Trinajstić information content (AvgIpc) is 2.86. The zero-order valence-electron chi connectivity index (χ0n) is 18.7. The number of rotatable bonds is 9. The highest BCUT2D eigenvalue weighted by molar-refractivity contribution is 5.76. The molecule has 1 aliphatic heterocycles. The number of likely N-dealkylation sites (tertiary alicyclic amines) is 1. The number of carbonyl (C=O) groups is 1. The molecule has 0 spiro atoms. The fourth-order valence-corrected chi connectivity index (χ4v) is 3.87. The monoisotopic (exact) mass is 447 g/mol. The molecular weight excluding hydrogens is 418 g/mol. The van der Waals surface area contributed by atoms with Gasteiger partial charge in [0.2, 0.25) is 11.9 Å². The van der Waals surface area contributed by atoms with Crippen LogP contribution in [0.25, 0.3) is 11.1 Å². The van der Waals surface area contributed by atoms with Gasteiger partial charge >= 0.3 is 0 Å². The first-order chi connectivity index (χ1) is 16.1. The Hall–Kier alpha value is -3.65. The van der Waals surface area contributed by atoms with E-state index in [4.69, 9.17) is 15.2 Å². The molecule has 4 rings (SSSR count). The van der Waals surface area contributed by atoms with Crippen LogP contribution >= 0.6 is 0 Å². The number of nitrogens with one attached hydrogen (secondary N) is 1. The number of primary amides is 1. The molecule has 3 aromatic rings. The van der Waals surface area contributed by atoms with Crippen molar-refractivity contribution in [2.75, 3.05) is 38.7 Å². The van der Waals surface area contributed by atoms with E-state index >= 15 is 0 Å². The van der Waals surface area contributed by atoms with Crippen molar-refractivity contribution in [3.05, 3.63) is 60.9 Å². The van der Waals surface area contributed by atoms with E-state index in [1.807, 2.05) is 48.5 Å². The summed E-state index contributed by atoms with van der Waals surface area (Å²) >= 11 is 0. The Bertz CT molecular complexity index is 1040. The predicted molar refractivity (Wildman–Crippen MR) is 128 cm³/mol. The molecule has 8 nitrogen and oxygen atoms in total. The number of methoxy groups -OCH3 is 1.